The average molecular weight is 292 g/mol. The van der Waals surface area contributed by atoms with Crippen LogP contribution in [-0.4, -0.2) is 28.9 Å². The van der Waals surface area contributed by atoms with Gasteiger partial charge in [0.15, 0.2) is 0 Å². The predicted molar refractivity (Wildman–Crippen MR) is 79.1 cm³/mol. The highest BCUT2D eigenvalue weighted by molar-refractivity contribution is 5.97. The zero-order valence-corrected chi connectivity index (χ0v) is 12.3. The van der Waals surface area contributed by atoms with Gasteiger partial charge in [0.25, 0.3) is 5.91 Å². The molecular formula is C15H20N2O4. The number of hydrogen-bond acceptors (Lipinski definition) is 3. The molecule has 0 aliphatic rings. The lowest BCUT2D eigenvalue weighted by Crippen LogP contribution is -2.41. The molecule has 0 saturated carbocycles. The van der Waals surface area contributed by atoms with Crippen molar-refractivity contribution in [1.29, 1.82) is 0 Å². The zero-order valence-electron chi connectivity index (χ0n) is 12.3. The van der Waals surface area contributed by atoms with Crippen LogP contribution in [0.25, 0.3) is 0 Å². The quantitative estimate of drug-likeness (QED) is 0.746. The van der Waals surface area contributed by atoms with Gasteiger partial charge in [-0.3, -0.25) is 9.59 Å². The number of amides is 2. The summed E-state index contributed by atoms with van der Waals surface area (Å²) in [6.45, 7) is 5.18. The zero-order chi connectivity index (χ0) is 16.0. The first kappa shape index (κ1) is 16.7. The van der Waals surface area contributed by atoms with Crippen molar-refractivity contribution < 1.29 is 19.5 Å². The number of hydrogen-bond donors (Lipinski definition) is 3. The van der Waals surface area contributed by atoms with Crippen LogP contribution in [0.2, 0.25) is 0 Å². The normalized spacial score (nSPS) is 11.8. The van der Waals surface area contributed by atoms with Crippen LogP contribution in [0.15, 0.2) is 24.3 Å². The van der Waals surface area contributed by atoms with Gasteiger partial charge in [-0.2, -0.15) is 0 Å². The van der Waals surface area contributed by atoms with E-state index in [1.165, 1.54) is 19.1 Å². The molecule has 6 heteroatoms. The Morgan fingerprint density at radius 1 is 1.14 bits per heavy atom. The van der Waals surface area contributed by atoms with Crippen LogP contribution >= 0.6 is 0 Å². The van der Waals surface area contributed by atoms with Gasteiger partial charge < -0.3 is 15.7 Å². The first-order valence-electron chi connectivity index (χ1n) is 6.71. The third-order valence-corrected chi connectivity index (χ3v) is 2.78. The topological polar surface area (TPSA) is 95.5 Å². The van der Waals surface area contributed by atoms with E-state index in [2.05, 4.69) is 10.6 Å². The fourth-order valence-corrected chi connectivity index (χ4v) is 1.84. The number of aliphatic carboxylic acids is 1. The minimum absolute atomic E-state index is 0.161. The lowest BCUT2D eigenvalue weighted by atomic mass is 10.0. The van der Waals surface area contributed by atoms with Crippen molar-refractivity contribution in [2.24, 2.45) is 5.92 Å². The highest BCUT2D eigenvalue weighted by Gasteiger charge is 2.21. The van der Waals surface area contributed by atoms with Gasteiger partial charge in [-0.25, -0.2) is 4.79 Å². The maximum absolute atomic E-state index is 12.0. The van der Waals surface area contributed by atoms with E-state index >= 15 is 0 Å². The maximum Gasteiger partial charge on any atom is 0.326 e. The number of benzene rings is 1. The maximum atomic E-state index is 12.0. The molecule has 0 aliphatic heterocycles. The second-order valence-electron chi connectivity index (χ2n) is 5.25. The van der Waals surface area contributed by atoms with Crippen molar-refractivity contribution in [2.45, 2.75) is 33.2 Å². The summed E-state index contributed by atoms with van der Waals surface area (Å²) in [4.78, 5) is 34.0. The fourth-order valence-electron chi connectivity index (χ4n) is 1.84. The Balaban J connectivity index is 2.73. The molecule has 1 rings (SSSR count). The molecule has 21 heavy (non-hydrogen) atoms. The largest absolute Gasteiger partial charge is 0.480 e. The van der Waals surface area contributed by atoms with Crippen molar-refractivity contribution in [1.82, 2.24) is 5.32 Å². The Hall–Kier alpha value is -2.37. The summed E-state index contributed by atoms with van der Waals surface area (Å²) < 4.78 is 0. The minimum Gasteiger partial charge on any atom is -0.480 e. The number of carbonyl (C=O) groups excluding carboxylic acids is 2. The van der Waals surface area contributed by atoms with E-state index in [9.17, 15) is 14.4 Å². The lowest BCUT2D eigenvalue weighted by molar-refractivity contribution is -0.139. The van der Waals surface area contributed by atoms with Gasteiger partial charge in [-0.15, -0.1) is 0 Å². The van der Waals surface area contributed by atoms with Crippen LogP contribution in [-0.2, 0) is 9.59 Å². The first-order valence-corrected chi connectivity index (χ1v) is 6.71. The van der Waals surface area contributed by atoms with Crippen molar-refractivity contribution in [3.8, 4) is 0 Å². The molecule has 0 fully saturated rings. The van der Waals surface area contributed by atoms with Crippen LogP contribution < -0.4 is 10.6 Å². The van der Waals surface area contributed by atoms with E-state index in [-0.39, 0.29) is 11.8 Å². The molecule has 0 saturated heterocycles. The van der Waals surface area contributed by atoms with Gasteiger partial charge in [0.05, 0.1) is 0 Å². The van der Waals surface area contributed by atoms with Crippen molar-refractivity contribution in [3.63, 3.8) is 0 Å². The highest BCUT2D eigenvalue weighted by Crippen LogP contribution is 2.11. The van der Waals surface area contributed by atoms with Crippen LogP contribution in [0.4, 0.5) is 5.69 Å². The summed E-state index contributed by atoms with van der Waals surface area (Å²) in [7, 11) is 0. The van der Waals surface area contributed by atoms with Gasteiger partial charge in [0.1, 0.15) is 6.04 Å². The van der Waals surface area contributed by atoms with E-state index in [4.69, 9.17) is 5.11 Å². The smallest absolute Gasteiger partial charge is 0.326 e. The third kappa shape index (κ3) is 5.64. The summed E-state index contributed by atoms with van der Waals surface area (Å²) >= 11 is 0. The number of carboxylic acids is 1. The number of carboxylic acid groups (broad SMARTS) is 1. The monoisotopic (exact) mass is 292 g/mol. The number of nitrogens with one attached hydrogen (secondary N) is 2. The predicted octanol–water partition coefficient (Wildman–Crippen LogP) is 1.87. The Labute approximate surface area is 123 Å². The van der Waals surface area contributed by atoms with Crippen molar-refractivity contribution in [3.05, 3.63) is 29.8 Å². The number of anilines is 1. The van der Waals surface area contributed by atoms with E-state index in [1.807, 2.05) is 13.8 Å². The Morgan fingerprint density at radius 3 is 2.14 bits per heavy atom. The molecule has 6 nitrogen and oxygen atoms in total. The Bertz CT molecular complexity index is 523. The number of rotatable bonds is 6. The van der Waals surface area contributed by atoms with E-state index in [0.717, 1.165) is 0 Å². The molecule has 0 heterocycles. The molecule has 114 valence electrons. The average Bonchev–Trinajstić information content (AvgIpc) is 2.37. The molecule has 1 unspecified atom stereocenters. The van der Waals surface area contributed by atoms with Gasteiger partial charge in [0.2, 0.25) is 5.91 Å². The first-order chi connectivity index (χ1) is 9.79. The van der Waals surface area contributed by atoms with Gasteiger partial charge in [-0.1, -0.05) is 13.8 Å². The van der Waals surface area contributed by atoms with Crippen LogP contribution in [0.5, 0.6) is 0 Å². The molecule has 2 amide bonds. The molecule has 1 aromatic carbocycles. The van der Waals surface area contributed by atoms with Gasteiger partial charge >= 0.3 is 5.97 Å². The molecule has 3 N–H and O–H groups in total. The molecular weight excluding hydrogens is 272 g/mol. The summed E-state index contributed by atoms with van der Waals surface area (Å²) in [5.74, 6) is -1.53. The second kappa shape index (κ2) is 7.42. The third-order valence-electron chi connectivity index (χ3n) is 2.78. The Morgan fingerprint density at radius 2 is 1.71 bits per heavy atom. The van der Waals surface area contributed by atoms with E-state index < -0.39 is 17.9 Å². The lowest BCUT2D eigenvalue weighted by Gasteiger charge is -2.16. The molecule has 0 radical (unpaired) electrons. The standard InChI is InChI=1S/C15H20N2O4/c1-9(2)8-13(15(20)21)17-14(19)11-4-6-12(7-5-11)16-10(3)18/h4-7,9,13H,8H2,1-3H3,(H,16,18)(H,17,19)(H,20,21). The van der Waals surface area contributed by atoms with Gasteiger partial charge in [-0.05, 0) is 36.6 Å². The van der Waals surface area contributed by atoms with Crippen molar-refractivity contribution >= 4 is 23.5 Å². The molecule has 0 aromatic heterocycles. The highest BCUT2D eigenvalue weighted by atomic mass is 16.4. The number of carbonyl (C=O) groups is 3. The van der Waals surface area contributed by atoms with Crippen LogP contribution in [0.3, 0.4) is 0 Å². The second-order valence-corrected chi connectivity index (χ2v) is 5.25. The van der Waals surface area contributed by atoms with Crippen LogP contribution in [0.1, 0.15) is 37.6 Å². The molecule has 0 bridgehead atoms. The minimum atomic E-state index is -1.05. The fraction of sp³-hybridized carbons (Fsp3) is 0.400. The summed E-state index contributed by atoms with van der Waals surface area (Å²) in [5.41, 5.74) is 0.926. The summed E-state index contributed by atoms with van der Waals surface area (Å²) in [6.07, 6.45) is 0.366. The molecule has 1 aromatic rings. The van der Waals surface area contributed by atoms with E-state index in [0.29, 0.717) is 17.7 Å². The molecule has 1 atom stereocenters. The summed E-state index contributed by atoms with van der Waals surface area (Å²) in [5, 5.41) is 14.2. The molecule has 0 spiro atoms. The van der Waals surface area contributed by atoms with Crippen LogP contribution in [0, 0.1) is 5.92 Å². The molecule has 0 aliphatic carbocycles. The van der Waals surface area contributed by atoms with E-state index in [1.54, 1.807) is 12.1 Å². The van der Waals surface area contributed by atoms with Gasteiger partial charge in [0, 0.05) is 18.2 Å². The summed E-state index contributed by atoms with van der Waals surface area (Å²) in [6, 6.07) is 5.35. The van der Waals surface area contributed by atoms with Crippen molar-refractivity contribution in [2.75, 3.05) is 5.32 Å². The Kier molecular flexibility index (Phi) is 5.90. The SMILES string of the molecule is CC(=O)Nc1ccc(C(=O)NC(CC(C)C)C(=O)O)cc1.